The van der Waals surface area contributed by atoms with E-state index in [2.05, 4.69) is 21.7 Å². The van der Waals surface area contributed by atoms with Crippen LogP contribution < -0.4 is 4.74 Å². The second kappa shape index (κ2) is 11.7. The Kier molecular flexibility index (Phi) is 8.69. The van der Waals surface area contributed by atoms with Gasteiger partial charge in [0.2, 0.25) is 0 Å². The van der Waals surface area contributed by atoms with Crippen LogP contribution in [0.3, 0.4) is 0 Å². The maximum Gasteiger partial charge on any atom is 0.140 e. The fourth-order valence-corrected chi connectivity index (χ4v) is 5.13. The van der Waals surface area contributed by atoms with Gasteiger partial charge in [-0.2, -0.15) is 0 Å². The monoisotopic (exact) mass is 532 g/mol. The molecule has 2 aromatic carbocycles. The number of piperidine rings is 1. The number of hydrogen-bond acceptors (Lipinski definition) is 4. The van der Waals surface area contributed by atoms with Crippen molar-refractivity contribution in [1.82, 2.24) is 9.88 Å². The number of benzene rings is 2. The summed E-state index contributed by atoms with van der Waals surface area (Å²) in [6.45, 7) is 1.94. The fraction of sp³-hybridized carbons (Fsp3) is 0.393. The van der Waals surface area contributed by atoms with Crippen LogP contribution in [0.5, 0.6) is 5.75 Å². The minimum atomic E-state index is -1.29. The van der Waals surface area contributed by atoms with Gasteiger partial charge in [-0.15, -0.1) is 0 Å². The number of nitrogens with zero attached hydrogens (tertiary/aromatic N) is 2. The summed E-state index contributed by atoms with van der Waals surface area (Å²) in [4.78, 5) is 6.47. The summed E-state index contributed by atoms with van der Waals surface area (Å²) in [5.41, 5.74) is 1.03. The predicted molar refractivity (Wildman–Crippen MR) is 140 cm³/mol. The molecule has 1 saturated heterocycles. The first-order valence-electron chi connectivity index (χ1n) is 11.9. The molecule has 190 valence electrons. The van der Waals surface area contributed by atoms with E-state index in [1.54, 1.807) is 37.4 Å². The second-order valence-electron chi connectivity index (χ2n) is 9.27. The molecule has 8 heteroatoms. The molecule has 0 radical (unpaired) electrons. The lowest BCUT2D eigenvalue weighted by Gasteiger charge is -2.40. The first-order chi connectivity index (χ1) is 17.3. The van der Waals surface area contributed by atoms with Crippen molar-refractivity contribution < 1.29 is 18.6 Å². The third kappa shape index (κ3) is 6.10. The number of hydrogen-bond donors (Lipinski definition) is 1. The van der Waals surface area contributed by atoms with Gasteiger partial charge in [0, 0.05) is 28.8 Å². The van der Waals surface area contributed by atoms with Crippen molar-refractivity contribution in [3.8, 4) is 17.6 Å². The van der Waals surface area contributed by atoms with Crippen molar-refractivity contribution in [2.45, 2.75) is 31.9 Å². The maximum absolute atomic E-state index is 15.6. The van der Waals surface area contributed by atoms with E-state index in [1.165, 1.54) is 12.3 Å². The van der Waals surface area contributed by atoms with Crippen LogP contribution in [-0.2, 0) is 0 Å². The Morgan fingerprint density at radius 2 is 1.97 bits per heavy atom. The highest BCUT2D eigenvalue weighted by Gasteiger charge is 2.35. The number of aromatic nitrogens is 1. The van der Waals surface area contributed by atoms with Crippen LogP contribution in [0.2, 0.25) is 10.0 Å². The smallest absolute Gasteiger partial charge is 0.140 e. The van der Waals surface area contributed by atoms with Crippen LogP contribution in [0.25, 0.3) is 10.9 Å². The van der Waals surface area contributed by atoms with Gasteiger partial charge in [-0.3, -0.25) is 9.88 Å². The number of aliphatic hydroxyl groups is 1. The summed E-state index contributed by atoms with van der Waals surface area (Å²) in [5, 5.41) is 11.5. The second-order valence-corrected chi connectivity index (χ2v) is 10.1. The molecular formula is C28H28Cl2F2N2O2. The van der Waals surface area contributed by atoms with E-state index in [-0.39, 0.29) is 23.5 Å². The molecule has 0 unspecified atom stereocenters. The zero-order chi connectivity index (χ0) is 25.7. The van der Waals surface area contributed by atoms with Gasteiger partial charge in [0.1, 0.15) is 17.7 Å². The molecule has 1 aliphatic rings. The Bertz CT molecular complexity index is 1280. The molecule has 1 atom stereocenters. The number of methoxy groups -OCH3 is 1. The molecule has 2 heterocycles. The Morgan fingerprint density at radius 1 is 1.19 bits per heavy atom. The minimum Gasteiger partial charge on any atom is -0.497 e. The molecule has 4 nitrogen and oxygen atoms in total. The van der Waals surface area contributed by atoms with Gasteiger partial charge in [-0.1, -0.05) is 35.0 Å². The van der Waals surface area contributed by atoms with Crippen molar-refractivity contribution in [2.24, 2.45) is 5.41 Å². The van der Waals surface area contributed by atoms with Gasteiger partial charge in [-0.25, -0.2) is 8.78 Å². The van der Waals surface area contributed by atoms with Gasteiger partial charge >= 0.3 is 0 Å². The number of aliphatic hydroxyl groups excluding tert-OH is 1. The molecular weight excluding hydrogens is 505 g/mol. The Labute approximate surface area is 220 Å². The van der Waals surface area contributed by atoms with Crippen LogP contribution >= 0.6 is 23.2 Å². The summed E-state index contributed by atoms with van der Waals surface area (Å²) in [5.74, 6) is 6.05. The summed E-state index contributed by atoms with van der Waals surface area (Å²) in [7, 11) is 1.56. The zero-order valence-corrected chi connectivity index (χ0v) is 21.5. The highest BCUT2D eigenvalue weighted by molar-refractivity contribution is 6.32. The molecule has 1 aromatic heterocycles. The molecule has 0 aliphatic carbocycles. The molecule has 1 aliphatic heterocycles. The fourth-order valence-electron chi connectivity index (χ4n) is 4.70. The average molecular weight is 533 g/mol. The Hall–Kier alpha value is -2.43. The normalized spacial score (nSPS) is 16.4. The summed E-state index contributed by atoms with van der Waals surface area (Å²) in [6.07, 6.45) is 2.42. The number of likely N-dealkylation sites (tertiary alicyclic amines) is 1. The number of ether oxygens (including phenoxy) is 1. The summed E-state index contributed by atoms with van der Waals surface area (Å²) < 4.78 is 34.8. The number of halogens is 4. The minimum absolute atomic E-state index is 0.00608. The summed E-state index contributed by atoms with van der Waals surface area (Å²) >= 11 is 12.2. The van der Waals surface area contributed by atoms with E-state index < -0.39 is 12.0 Å². The molecule has 3 aromatic rings. The quantitative estimate of drug-likeness (QED) is 0.348. The van der Waals surface area contributed by atoms with E-state index in [0.717, 1.165) is 25.9 Å². The summed E-state index contributed by atoms with van der Waals surface area (Å²) in [6, 6.07) is 9.76. The average Bonchev–Trinajstić information content (AvgIpc) is 2.89. The van der Waals surface area contributed by atoms with Crippen molar-refractivity contribution in [2.75, 3.05) is 33.4 Å². The SMILES string of the molecule is COc1ccc2ncc(Cl)c([C@@H](F)CCC3(CO)CCN(CC#Cc4ccc(Cl)cc4F)CC3)c2c1. The molecule has 0 bridgehead atoms. The van der Waals surface area contributed by atoms with Gasteiger partial charge in [0.05, 0.1) is 29.8 Å². The lowest BCUT2D eigenvalue weighted by atomic mass is 9.74. The van der Waals surface area contributed by atoms with Crippen LogP contribution in [0, 0.1) is 23.1 Å². The Balaban J connectivity index is 1.38. The number of fused-ring (bicyclic) bond motifs is 1. The molecule has 4 rings (SSSR count). The number of alkyl halides is 1. The van der Waals surface area contributed by atoms with E-state index >= 15 is 4.39 Å². The van der Waals surface area contributed by atoms with Gasteiger partial charge in [0.25, 0.3) is 0 Å². The standard InChI is InChI=1S/C28H28Cl2F2N2O2/c1-36-21-6-7-26-22(16-21)27(23(30)17-33-26)24(31)8-9-28(18-35)10-13-34(14-11-28)12-2-3-19-4-5-20(29)15-25(19)32/h4-7,15-17,24,35H,8-14,18H2,1H3/t24-/m0/s1. The topological polar surface area (TPSA) is 45.6 Å². The Morgan fingerprint density at radius 3 is 2.67 bits per heavy atom. The molecule has 0 amide bonds. The number of pyridine rings is 1. The van der Waals surface area contributed by atoms with Gasteiger partial charge < -0.3 is 9.84 Å². The van der Waals surface area contributed by atoms with Crippen molar-refractivity contribution in [3.63, 3.8) is 0 Å². The highest BCUT2D eigenvalue weighted by Crippen LogP contribution is 2.41. The number of rotatable bonds is 7. The lowest BCUT2D eigenvalue weighted by molar-refractivity contribution is 0.0344. The van der Waals surface area contributed by atoms with Gasteiger partial charge in [0.15, 0.2) is 0 Å². The molecule has 1 N–H and O–H groups in total. The molecule has 0 spiro atoms. The third-order valence-electron chi connectivity index (χ3n) is 7.02. The van der Waals surface area contributed by atoms with Crippen molar-refractivity contribution in [1.29, 1.82) is 0 Å². The molecule has 36 heavy (non-hydrogen) atoms. The van der Waals surface area contributed by atoms with Crippen LogP contribution in [0.4, 0.5) is 8.78 Å². The van der Waals surface area contributed by atoms with Crippen LogP contribution in [0.1, 0.15) is 43.0 Å². The van der Waals surface area contributed by atoms with E-state index in [9.17, 15) is 9.50 Å². The lowest BCUT2D eigenvalue weighted by Crippen LogP contribution is -2.42. The predicted octanol–water partition coefficient (Wildman–Crippen LogP) is 6.61. The largest absolute Gasteiger partial charge is 0.497 e. The van der Waals surface area contributed by atoms with Crippen molar-refractivity contribution in [3.05, 3.63) is 69.6 Å². The van der Waals surface area contributed by atoms with Gasteiger partial charge in [-0.05, 0) is 80.6 Å². The third-order valence-corrected chi connectivity index (χ3v) is 7.55. The molecule has 1 fully saturated rings. The van der Waals surface area contributed by atoms with Crippen LogP contribution in [0.15, 0.2) is 42.6 Å². The maximum atomic E-state index is 15.6. The van der Waals surface area contributed by atoms with Crippen molar-refractivity contribution >= 4 is 34.1 Å². The van der Waals surface area contributed by atoms with E-state index in [1.807, 2.05) is 0 Å². The first-order valence-corrected chi connectivity index (χ1v) is 12.6. The first kappa shape index (κ1) is 26.6. The zero-order valence-electron chi connectivity index (χ0n) is 20.0. The van der Waals surface area contributed by atoms with Crippen LogP contribution in [-0.4, -0.2) is 48.3 Å². The van der Waals surface area contributed by atoms with E-state index in [4.69, 9.17) is 27.9 Å². The highest BCUT2D eigenvalue weighted by atomic mass is 35.5. The molecule has 0 saturated carbocycles. The van der Waals surface area contributed by atoms with E-state index in [0.29, 0.717) is 45.8 Å².